The fourth-order valence-electron chi connectivity index (χ4n) is 3.11. The molecule has 1 aliphatic rings. The number of hydrogen-bond acceptors (Lipinski definition) is 3. The average molecular weight is 340 g/mol. The molecule has 0 bridgehead atoms. The maximum atomic E-state index is 13.2. The number of rotatable bonds is 1. The average Bonchev–Trinajstić information content (AvgIpc) is 2.99. The van der Waals surface area contributed by atoms with Crippen molar-refractivity contribution in [3.63, 3.8) is 0 Å². The van der Waals surface area contributed by atoms with Gasteiger partial charge in [0.25, 0.3) is 5.91 Å². The first-order valence-electron chi connectivity index (χ1n) is 8.93. The lowest BCUT2D eigenvalue weighted by Gasteiger charge is -2.29. The van der Waals surface area contributed by atoms with Gasteiger partial charge in [0.2, 0.25) is 0 Å². The number of nitrogens with zero attached hydrogens (tertiary/aromatic N) is 2. The van der Waals surface area contributed by atoms with Gasteiger partial charge in [0.15, 0.2) is 0 Å². The number of aromatic nitrogens is 1. The first-order chi connectivity index (χ1) is 11.6. The highest BCUT2D eigenvalue weighted by Crippen LogP contribution is 2.31. The van der Waals surface area contributed by atoms with E-state index in [-0.39, 0.29) is 16.7 Å². The Morgan fingerprint density at radius 3 is 2.20 bits per heavy atom. The molecule has 0 N–H and O–H groups in total. The fraction of sp³-hybridized carbons (Fsp3) is 0.524. The Morgan fingerprint density at radius 1 is 1.04 bits per heavy atom. The highest BCUT2D eigenvalue weighted by molar-refractivity contribution is 5.95. The van der Waals surface area contributed by atoms with Gasteiger partial charge >= 0.3 is 0 Å². The summed E-state index contributed by atoms with van der Waals surface area (Å²) in [5.74, 6) is 0.992. The topological polar surface area (TPSA) is 46.3 Å². The maximum absolute atomic E-state index is 13.2. The Hall–Kier alpha value is -2.10. The summed E-state index contributed by atoms with van der Waals surface area (Å²) in [4.78, 5) is 15.1. The molecule has 0 unspecified atom stereocenters. The van der Waals surface area contributed by atoms with Gasteiger partial charge in [-0.2, -0.15) is 0 Å². The Morgan fingerprint density at radius 2 is 1.64 bits per heavy atom. The second kappa shape index (κ2) is 6.01. The van der Waals surface area contributed by atoms with Crippen molar-refractivity contribution in [2.45, 2.75) is 65.3 Å². The van der Waals surface area contributed by atoms with Gasteiger partial charge in [-0.15, -0.1) is 0 Å². The van der Waals surface area contributed by atoms with Crippen molar-refractivity contribution in [2.24, 2.45) is 0 Å². The van der Waals surface area contributed by atoms with Gasteiger partial charge in [0.05, 0.1) is 12.7 Å². The van der Waals surface area contributed by atoms with E-state index in [1.807, 2.05) is 4.90 Å². The van der Waals surface area contributed by atoms with E-state index in [4.69, 9.17) is 4.52 Å². The molecule has 1 amide bonds. The maximum Gasteiger partial charge on any atom is 0.254 e. The van der Waals surface area contributed by atoms with Crippen LogP contribution >= 0.6 is 0 Å². The quantitative estimate of drug-likeness (QED) is 0.769. The smallest absolute Gasteiger partial charge is 0.254 e. The Bertz CT molecular complexity index is 759. The molecule has 2 aromatic rings. The lowest BCUT2D eigenvalue weighted by atomic mass is 9.79. The third-order valence-corrected chi connectivity index (χ3v) is 4.90. The molecular formula is C21H28N2O2. The van der Waals surface area contributed by atoms with Gasteiger partial charge in [-0.3, -0.25) is 4.79 Å². The van der Waals surface area contributed by atoms with Crippen LogP contribution in [0.2, 0.25) is 0 Å². The van der Waals surface area contributed by atoms with Gasteiger partial charge < -0.3 is 9.42 Å². The normalized spacial score (nSPS) is 15.2. The Kier molecular flexibility index (Phi) is 4.26. The molecule has 4 heteroatoms. The highest BCUT2D eigenvalue weighted by Gasteiger charge is 2.27. The molecule has 3 rings (SSSR count). The Balaban J connectivity index is 1.97. The zero-order valence-electron chi connectivity index (χ0n) is 16.1. The van der Waals surface area contributed by atoms with Crippen molar-refractivity contribution in [1.29, 1.82) is 0 Å². The number of amides is 1. The number of fused-ring (bicyclic) bond motifs is 1. The van der Waals surface area contributed by atoms with Crippen LogP contribution in [0.1, 0.15) is 74.4 Å². The van der Waals surface area contributed by atoms with E-state index >= 15 is 0 Å². The van der Waals surface area contributed by atoms with E-state index in [1.165, 1.54) is 11.1 Å². The standard InChI is InChI=1S/C21H28N2O2/c1-20(2,3)16-9-14(10-17(11-16)21(4,5)6)19(24)23-8-7-18-15(13-23)12-22-25-18/h9-12H,7-8,13H2,1-6H3. The van der Waals surface area contributed by atoms with E-state index < -0.39 is 0 Å². The van der Waals surface area contributed by atoms with Gasteiger partial charge in [0, 0.05) is 24.1 Å². The van der Waals surface area contributed by atoms with Crippen molar-refractivity contribution in [2.75, 3.05) is 6.54 Å². The summed E-state index contributed by atoms with van der Waals surface area (Å²) in [6, 6.07) is 6.35. The molecule has 0 aliphatic carbocycles. The van der Waals surface area contributed by atoms with Crippen LogP contribution < -0.4 is 0 Å². The fourth-order valence-corrected chi connectivity index (χ4v) is 3.11. The van der Waals surface area contributed by atoms with E-state index in [9.17, 15) is 4.79 Å². The second-order valence-electron chi connectivity index (χ2n) is 9.05. The third kappa shape index (κ3) is 3.63. The largest absolute Gasteiger partial charge is 0.361 e. The molecule has 1 aromatic heterocycles. The third-order valence-electron chi connectivity index (χ3n) is 4.90. The highest BCUT2D eigenvalue weighted by atomic mass is 16.5. The van der Waals surface area contributed by atoms with Crippen LogP contribution in [0.4, 0.5) is 0 Å². The van der Waals surface area contributed by atoms with E-state index in [2.05, 4.69) is 64.9 Å². The van der Waals surface area contributed by atoms with Crippen LogP contribution in [-0.2, 0) is 23.8 Å². The molecule has 134 valence electrons. The molecule has 0 radical (unpaired) electrons. The monoisotopic (exact) mass is 340 g/mol. The molecule has 4 nitrogen and oxygen atoms in total. The van der Waals surface area contributed by atoms with Crippen LogP contribution in [0.25, 0.3) is 0 Å². The first kappa shape index (κ1) is 17.7. The summed E-state index contributed by atoms with van der Waals surface area (Å²) in [6.07, 6.45) is 2.45. The number of carbonyl (C=O) groups is 1. The van der Waals surface area contributed by atoms with E-state index in [1.54, 1.807) is 6.20 Å². The Labute approximate surface area is 150 Å². The minimum absolute atomic E-state index is 0.000163. The van der Waals surface area contributed by atoms with Crippen LogP contribution in [0.15, 0.2) is 28.9 Å². The molecule has 0 spiro atoms. The van der Waals surface area contributed by atoms with Crippen LogP contribution in [0.3, 0.4) is 0 Å². The van der Waals surface area contributed by atoms with Crippen molar-refractivity contribution < 1.29 is 9.32 Å². The SMILES string of the molecule is CC(C)(C)c1cc(C(=O)N2CCc3oncc3C2)cc(C(C)(C)C)c1. The molecule has 0 atom stereocenters. The molecule has 0 saturated carbocycles. The molecule has 2 heterocycles. The summed E-state index contributed by atoms with van der Waals surface area (Å²) in [5, 5.41) is 3.85. The molecule has 1 aromatic carbocycles. The second-order valence-corrected chi connectivity index (χ2v) is 9.05. The zero-order valence-corrected chi connectivity index (χ0v) is 16.1. The number of carbonyl (C=O) groups excluding carboxylic acids is 1. The molecule has 0 fully saturated rings. The predicted molar refractivity (Wildman–Crippen MR) is 98.8 cm³/mol. The molecular weight excluding hydrogens is 312 g/mol. The lowest BCUT2D eigenvalue weighted by Crippen LogP contribution is -2.35. The molecule has 25 heavy (non-hydrogen) atoms. The van der Waals surface area contributed by atoms with Crippen LogP contribution in [0.5, 0.6) is 0 Å². The lowest BCUT2D eigenvalue weighted by molar-refractivity contribution is 0.0728. The summed E-state index contributed by atoms with van der Waals surface area (Å²) in [6.45, 7) is 14.4. The van der Waals surface area contributed by atoms with E-state index in [0.29, 0.717) is 13.1 Å². The van der Waals surface area contributed by atoms with Crippen molar-refractivity contribution in [3.05, 3.63) is 52.4 Å². The molecule has 0 saturated heterocycles. The van der Waals surface area contributed by atoms with Crippen LogP contribution in [0, 0.1) is 0 Å². The summed E-state index contributed by atoms with van der Waals surface area (Å²) in [7, 11) is 0. The van der Waals surface area contributed by atoms with Crippen molar-refractivity contribution in [3.8, 4) is 0 Å². The first-order valence-corrected chi connectivity index (χ1v) is 8.93. The van der Waals surface area contributed by atoms with Crippen LogP contribution in [-0.4, -0.2) is 22.5 Å². The van der Waals surface area contributed by atoms with Crippen molar-refractivity contribution in [1.82, 2.24) is 10.1 Å². The summed E-state index contributed by atoms with van der Waals surface area (Å²) < 4.78 is 5.23. The van der Waals surface area contributed by atoms with Gasteiger partial charge in [-0.25, -0.2) is 0 Å². The van der Waals surface area contributed by atoms with Gasteiger partial charge in [0.1, 0.15) is 5.76 Å². The molecule has 1 aliphatic heterocycles. The van der Waals surface area contributed by atoms with Gasteiger partial charge in [-0.1, -0.05) is 52.8 Å². The zero-order chi connectivity index (χ0) is 18.4. The summed E-state index contributed by atoms with van der Waals surface area (Å²) >= 11 is 0. The van der Waals surface area contributed by atoms with E-state index in [0.717, 1.165) is 23.3 Å². The van der Waals surface area contributed by atoms with Gasteiger partial charge in [-0.05, 0) is 34.1 Å². The minimum atomic E-state index is -0.000163. The summed E-state index contributed by atoms with van der Waals surface area (Å²) in [5.41, 5.74) is 4.19. The number of hydrogen-bond donors (Lipinski definition) is 0. The number of benzene rings is 1. The predicted octanol–water partition coefficient (Wildman–Crippen LogP) is 4.47. The van der Waals surface area contributed by atoms with Crippen molar-refractivity contribution >= 4 is 5.91 Å². The minimum Gasteiger partial charge on any atom is -0.361 e.